The molecule has 1 heterocycles. The van der Waals surface area contributed by atoms with Gasteiger partial charge in [-0.15, -0.1) is 0 Å². The molecule has 0 aliphatic heterocycles. The molecule has 0 aliphatic rings. The number of hydrogen-bond acceptors (Lipinski definition) is 6. The number of benzene rings is 4. The third-order valence-corrected chi connectivity index (χ3v) is 8.44. The lowest BCUT2D eigenvalue weighted by atomic mass is 9.98. The minimum atomic E-state index is -4.41. The number of unbranched alkanes of at least 4 members (excludes halogenated alkanes) is 1. The van der Waals surface area contributed by atoms with Crippen LogP contribution in [0.15, 0.2) is 78.0 Å². The van der Waals surface area contributed by atoms with Crippen LogP contribution in [0.1, 0.15) is 57.6 Å². The summed E-state index contributed by atoms with van der Waals surface area (Å²) in [5.41, 5.74) is 2.06. The van der Waals surface area contributed by atoms with Crippen molar-refractivity contribution in [1.82, 2.24) is 4.57 Å². The number of non-ortho nitro benzene ring substituents is 1. The van der Waals surface area contributed by atoms with Crippen LogP contribution in [0.25, 0.3) is 32.6 Å². The lowest BCUT2D eigenvalue weighted by molar-refractivity contribution is -0.382. The van der Waals surface area contributed by atoms with E-state index in [4.69, 9.17) is 9.57 Å². The molecule has 0 amide bonds. The van der Waals surface area contributed by atoms with Crippen LogP contribution in [-0.4, -0.2) is 40.1 Å². The highest BCUT2D eigenvalue weighted by Gasteiger charge is 2.42. The summed E-state index contributed by atoms with van der Waals surface area (Å²) >= 11 is 0. The van der Waals surface area contributed by atoms with Gasteiger partial charge in [-0.2, -0.15) is 8.78 Å². The van der Waals surface area contributed by atoms with Crippen molar-refractivity contribution in [3.05, 3.63) is 94.0 Å². The summed E-state index contributed by atoms with van der Waals surface area (Å²) in [7, 11) is 0. The van der Waals surface area contributed by atoms with Gasteiger partial charge in [0.15, 0.2) is 6.61 Å². The maximum Gasteiger partial charge on any atom is 0.340 e. The third kappa shape index (κ3) is 6.97. The van der Waals surface area contributed by atoms with E-state index in [1.165, 1.54) is 18.2 Å². The van der Waals surface area contributed by atoms with Crippen LogP contribution in [0.3, 0.4) is 0 Å². The van der Waals surface area contributed by atoms with Gasteiger partial charge in [-0.25, -0.2) is 13.6 Å². The fourth-order valence-corrected chi connectivity index (χ4v) is 6.00. The summed E-state index contributed by atoms with van der Waals surface area (Å²) in [4.78, 5) is 28.7. The fraction of sp³-hybridized carbons (Fsp3) is 0.333. The zero-order chi connectivity index (χ0) is 34.6. The van der Waals surface area contributed by atoms with E-state index in [2.05, 4.69) is 23.6 Å². The van der Waals surface area contributed by atoms with Crippen LogP contribution in [0, 0.1) is 16.0 Å². The van der Waals surface area contributed by atoms with E-state index in [0.29, 0.717) is 34.2 Å². The number of nitro groups is 1. The Morgan fingerprint density at radius 2 is 1.69 bits per heavy atom. The number of carbonyl (C=O) groups excluding carboxylic acids is 1. The molecule has 5 aromatic rings. The van der Waals surface area contributed by atoms with Crippen molar-refractivity contribution in [1.29, 1.82) is 0 Å². The van der Waals surface area contributed by atoms with Crippen LogP contribution in [0.5, 0.6) is 5.75 Å². The number of para-hydroxylation sites is 1. The average molecular weight is 666 g/mol. The zero-order valence-corrected chi connectivity index (χ0v) is 26.7. The molecule has 0 saturated heterocycles. The lowest BCUT2D eigenvalue weighted by Gasteiger charge is -2.19. The highest BCUT2D eigenvalue weighted by atomic mass is 19.3. The first-order valence-corrected chi connectivity index (χ1v) is 15.7. The molecule has 252 valence electrons. The summed E-state index contributed by atoms with van der Waals surface area (Å²) in [5, 5.41) is 18.8. The van der Waals surface area contributed by atoms with Gasteiger partial charge >= 0.3 is 18.3 Å². The molecule has 1 aromatic heterocycles. The Hall–Kier alpha value is -5.00. The molecule has 0 radical (unpaired) electrons. The second-order valence-corrected chi connectivity index (χ2v) is 11.7. The lowest BCUT2D eigenvalue weighted by Crippen LogP contribution is -2.34. The number of carbonyl (C=O) groups is 1. The van der Waals surface area contributed by atoms with Crippen LogP contribution in [-0.2, 0) is 16.2 Å². The van der Waals surface area contributed by atoms with Crippen molar-refractivity contribution in [2.24, 2.45) is 11.1 Å². The molecule has 0 aliphatic carbocycles. The average Bonchev–Trinajstić information content (AvgIpc) is 3.38. The minimum absolute atomic E-state index is 0.00799. The summed E-state index contributed by atoms with van der Waals surface area (Å²) < 4.78 is 60.8. The second-order valence-electron chi connectivity index (χ2n) is 11.7. The number of ether oxygens (including phenoxy) is 1. The molecule has 4 aromatic carbocycles. The molecule has 1 atom stereocenters. The molecule has 5 rings (SSSR count). The smallest absolute Gasteiger partial charge is 0.340 e. The second kappa shape index (κ2) is 14.4. The summed E-state index contributed by atoms with van der Waals surface area (Å²) in [5.74, 6) is -5.01. The number of fused-ring (bicyclic) bond motifs is 5. The topological polar surface area (TPSA) is 96.0 Å². The molecular formula is C36H35F4N3O5. The summed E-state index contributed by atoms with van der Waals surface area (Å²) in [6.45, 7) is 4.49. The number of halogens is 4. The van der Waals surface area contributed by atoms with Crippen molar-refractivity contribution >= 4 is 49.9 Å². The Morgan fingerprint density at radius 1 is 0.979 bits per heavy atom. The molecular weight excluding hydrogens is 630 g/mol. The molecule has 48 heavy (non-hydrogen) atoms. The van der Waals surface area contributed by atoms with Crippen molar-refractivity contribution in [2.45, 2.75) is 65.3 Å². The number of oxime groups is 1. The van der Waals surface area contributed by atoms with E-state index < -0.39 is 29.8 Å². The Labute approximate surface area is 274 Å². The number of aromatic nitrogens is 1. The predicted molar refractivity (Wildman–Crippen MR) is 177 cm³/mol. The van der Waals surface area contributed by atoms with E-state index >= 15 is 0 Å². The number of alkyl halides is 4. The Kier molecular flexibility index (Phi) is 10.3. The molecule has 0 fully saturated rings. The van der Waals surface area contributed by atoms with Gasteiger partial charge in [0.2, 0.25) is 0 Å². The minimum Gasteiger partial charge on any atom is -0.486 e. The molecule has 0 N–H and O–H groups in total. The first-order valence-electron chi connectivity index (χ1n) is 15.7. The van der Waals surface area contributed by atoms with Crippen LogP contribution < -0.4 is 4.74 Å². The van der Waals surface area contributed by atoms with Crippen molar-refractivity contribution in [3.63, 3.8) is 0 Å². The van der Waals surface area contributed by atoms with Gasteiger partial charge in [0.25, 0.3) is 5.69 Å². The number of nitrogens with zero attached hydrogens (tertiary/aromatic N) is 3. The predicted octanol–water partition coefficient (Wildman–Crippen LogP) is 9.67. The molecule has 0 bridgehead atoms. The van der Waals surface area contributed by atoms with E-state index in [1.807, 2.05) is 18.2 Å². The fourth-order valence-electron chi connectivity index (χ4n) is 6.00. The van der Waals surface area contributed by atoms with E-state index in [1.54, 1.807) is 36.4 Å². The van der Waals surface area contributed by atoms with Gasteiger partial charge in [-0.1, -0.05) is 74.7 Å². The van der Waals surface area contributed by atoms with Crippen LogP contribution in [0.4, 0.5) is 23.2 Å². The Balaban J connectivity index is 1.76. The molecule has 0 saturated carbocycles. The summed E-state index contributed by atoms with van der Waals surface area (Å²) in [6.07, 6.45) is 0.125. The summed E-state index contributed by atoms with van der Waals surface area (Å²) in [6, 6.07) is 19.9. The van der Waals surface area contributed by atoms with Crippen molar-refractivity contribution < 1.29 is 36.9 Å². The van der Waals surface area contributed by atoms with Gasteiger partial charge in [0.1, 0.15) is 11.5 Å². The monoisotopic (exact) mass is 665 g/mol. The van der Waals surface area contributed by atoms with Crippen LogP contribution >= 0.6 is 0 Å². The van der Waals surface area contributed by atoms with Gasteiger partial charge in [0, 0.05) is 52.3 Å². The van der Waals surface area contributed by atoms with Gasteiger partial charge in [0.05, 0.1) is 15.8 Å². The van der Waals surface area contributed by atoms with Gasteiger partial charge in [-0.3, -0.25) is 10.1 Å². The number of nitro benzene ring substituents is 1. The maximum atomic E-state index is 13.8. The third-order valence-electron chi connectivity index (χ3n) is 8.44. The molecule has 8 nitrogen and oxygen atoms in total. The molecule has 0 spiro atoms. The quantitative estimate of drug-likeness (QED) is 0.0387. The zero-order valence-electron chi connectivity index (χ0n) is 26.7. The Morgan fingerprint density at radius 3 is 2.35 bits per heavy atom. The van der Waals surface area contributed by atoms with Crippen LogP contribution in [0.2, 0.25) is 0 Å². The Bertz CT molecular complexity index is 2010. The van der Waals surface area contributed by atoms with Crippen molar-refractivity contribution in [3.8, 4) is 5.75 Å². The van der Waals surface area contributed by atoms with E-state index in [9.17, 15) is 32.5 Å². The number of rotatable bonds is 14. The van der Waals surface area contributed by atoms with Crippen molar-refractivity contribution in [2.75, 3.05) is 6.61 Å². The highest BCUT2D eigenvalue weighted by Crippen LogP contribution is 2.40. The number of hydrogen-bond donors (Lipinski definition) is 0. The first-order chi connectivity index (χ1) is 23.0. The molecule has 1 unspecified atom stereocenters. The standard InChI is InChI=1S/C36H35F4N3O5/c1-4-6-11-23(5-2)20-42-30-17-16-24(18-28(30)29-19-31(43(45)46)25-12-7-8-13-26(25)34(29)42)33(41-48-22(3)44)27-14-9-10-15-32(27)47-21-36(39,40)35(37)38/h7-10,12-19,23,35H,4-6,11,20-21H2,1-3H3/b41-33+. The maximum absolute atomic E-state index is 13.8. The largest absolute Gasteiger partial charge is 0.486 e. The SMILES string of the molecule is CCCCC(CC)Cn1c2ccc(/C(=N\OC(C)=O)c3ccccc3OCC(F)(F)C(F)F)cc2c2cc([N+](=O)[O-])c3ccccc3c21. The first kappa shape index (κ1) is 34.3. The highest BCUT2D eigenvalue weighted by molar-refractivity contribution is 6.22. The normalized spacial score (nSPS) is 13.0. The van der Waals surface area contributed by atoms with Gasteiger partial charge in [-0.05, 0) is 42.7 Å². The van der Waals surface area contributed by atoms with E-state index in [-0.39, 0.29) is 22.7 Å². The van der Waals surface area contributed by atoms with Gasteiger partial charge < -0.3 is 14.1 Å². The molecule has 12 heteroatoms. The van der Waals surface area contributed by atoms with E-state index in [0.717, 1.165) is 49.0 Å².